The van der Waals surface area contributed by atoms with E-state index in [1.54, 1.807) is 0 Å². The van der Waals surface area contributed by atoms with Gasteiger partial charge < -0.3 is 0 Å². The third kappa shape index (κ3) is 5.76. The predicted octanol–water partition coefficient (Wildman–Crippen LogP) is 5.30. The standard InChI is InChI=1S/C21H29O3P/c1-5-23-25(22,24-6-2)16-15-21(19-11-7-17(3)8-12-19)20-13-9-18(4)10-14-20/h7-15,22,25H,5-6,16H2,1-4H3. The molecule has 0 saturated heterocycles. The zero-order valence-corrected chi connectivity index (χ0v) is 16.6. The van der Waals surface area contributed by atoms with Crippen LogP contribution in [0, 0.1) is 13.8 Å². The summed E-state index contributed by atoms with van der Waals surface area (Å²) in [5.41, 5.74) is 5.78. The Kier molecular flexibility index (Phi) is 7.34. The molecular formula is C21H29O3P. The zero-order chi connectivity index (χ0) is 18.3. The Morgan fingerprint density at radius 1 is 0.840 bits per heavy atom. The number of rotatable bonds is 8. The Labute approximate surface area is 151 Å². The van der Waals surface area contributed by atoms with Gasteiger partial charge in [-0.05, 0) is 0 Å². The molecule has 0 amide bonds. The number of benzene rings is 2. The van der Waals surface area contributed by atoms with Gasteiger partial charge in [0.25, 0.3) is 0 Å². The van der Waals surface area contributed by atoms with E-state index in [0.29, 0.717) is 19.4 Å². The maximum atomic E-state index is 10.7. The minimum absolute atomic E-state index is 0.395. The van der Waals surface area contributed by atoms with Crippen molar-refractivity contribution >= 4 is 13.5 Å². The number of hydrogen-bond acceptors (Lipinski definition) is 3. The Morgan fingerprint density at radius 2 is 1.24 bits per heavy atom. The molecule has 0 aliphatic heterocycles. The molecule has 4 heteroatoms. The zero-order valence-electron chi connectivity index (χ0n) is 15.6. The van der Waals surface area contributed by atoms with Crippen molar-refractivity contribution in [1.29, 1.82) is 0 Å². The Morgan fingerprint density at radius 3 is 1.60 bits per heavy atom. The van der Waals surface area contributed by atoms with Crippen LogP contribution in [-0.2, 0) is 9.05 Å². The second kappa shape index (κ2) is 9.26. The van der Waals surface area contributed by atoms with Gasteiger partial charge >= 0.3 is 151 Å². The first kappa shape index (κ1) is 19.8. The summed E-state index contributed by atoms with van der Waals surface area (Å²) >= 11 is 0. The van der Waals surface area contributed by atoms with Gasteiger partial charge in [-0.3, -0.25) is 0 Å². The third-order valence-corrected chi connectivity index (χ3v) is 6.23. The van der Waals surface area contributed by atoms with Crippen molar-refractivity contribution in [3.05, 3.63) is 76.9 Å². The number of allylic oxidation sites excluding steroid dienone is 1. The summed E-state index contributed by atoms with van der Waals surface area (Å²) in [6.45, 7) is 8.80. The van der Waals surface area contributed by atoms with E-state index >= 15 is 0 Å². The molecule has 3 nitrogen and oxygen atoms in total. The molecule has 2 aromatic carbocycles. The number of hydrogen-bond donors (Lipinski definition) is 1. The fourth-order valence-corrected chi connectivity index (χ4v) is 4.39. The van der Waals surface area contributed by atoms with Crippen LogP contribution in [0.1, 0.15) is 36.1 Å². The molecule has 0 atom stereocenters. The Bertz CT molecular complexity index is 637. The first-order chi connectivity index (χ1) is 12.0. The van der Waals surface area contributed by atoms with Crippen LogP contribution in [0.3, 0.4) is 0 Å². The van der Waals surface area contributed by atoms with Crippen molar-refractivity contribution in [3.63, 3.8) is 0 Å². The van der Waals surface area contributed by atoms with Crippen LogP contribution in [0.4, 0.5) is 0 Å². The second-order valence-electron chi connectivity index (χ2n) is 6.13. The molecule has 0 bridgehead atoms. The first-order valence-corrected chi connectivity index (χ1v) is 10.8. The molecule has 0 heterocycles. The Balaban J connectivity index is 2.39. The van der Waals surface area contributed by atoms with Gasteiger partial charge in [0.05, 0.1) is 0 Å². The fourth-order valence-electron chi connectivity index (χ4n) is 2.71. The van der Waals surface area contributed by atoms with Crippen LogP contribution in [0.2, 0.25) is 0 Å². The monoisotopic (exact) mass is 360 g/mol. The quantitative estimate of drug-likeness (QED) is 0.650. The van der Waals surface area contributed by atoms with Crippen LogP contribution in [0.15, 0.2) is 54.6 Å². The van der Waals surface area contributed by atoms with E-state index in [1.165, 1.54) is 11.1 Å². The topological polar surface area (TPSA) is 38.7 Å². The van der Waals surface area contributed by atoms with Crippen molar-refractivity contribution in [1.82, 2.24) is 0 Å². The normalized spacial score (nSPS) is 12.0. The van der Waals surface area contributed by atoms with Crippen LogP contribution >= 0.6 is 7.94 Å². The molecule has 25 heavy (non-hydrogen) atoms. The summed E-state index contributed by atoms with van der Waals surface area (Å²) in [5.74, 6) is 0. The van der Waals surface area contributed by atoms with Crippen LogP contribution in [0.25, 0.3) is 5.57 Å². The van der Waals surface area contributed by atoms with Crippen LogP contribution in [0.5, 0.6) is 0 Å². The SMILES string of the molecule is CCO[PH](O)(CC=C(c1ccc(C)cc1)c1ccc(C)cc1)OCC. The molecule has 2 aromatic rings. The van der Waals surface area contributed by atoms with Gasteiger partial charge in [0.1, 0.15) is 0 Å². The molecule has 2 rings (SSSR count). The average molecular weight is 360 g/mol. The molecule has 0 fully saturated rings. The predicted molar refractivity (Wildman–Crippen MR) is 108 cm³/mol. The van der Waals surface area contributed by atoms with E-state index < -0.39 is 7.94 Å². The third-order valence-electron chi connectivity index (χ3n) is 4.03. The molecule has 0 aliphatic rings. The van der Waals surface area contributed by atoms with Gasteiger partial charge in [0, 0.05) is 0 Å². The van der Waals surface area contributed by atoms with Gasteiger partial charge in [0.15, 0.2) is 0 Å². The molecule has 136 valence electrons. The molecule has 0 saturated carbocycles. The average Bonchev–Trinajstić information content (AvgIpc) is 2.58. The first-order valence-electron chi connectivity index (χ1n) is 8.82. The molecular weight excluding hydrogens is 331 g/mol. The molecule has 1 N–H and O–H groups in total. The van der Waals surface area contributed by atoms with E-state index in [4.69, 9.17) is 9.05 Å². The summed E-state index contributed by atoms with van der Waals surface area (Å²) in [6, 6.07) is 16.9. The van der Waals surface area contributed by atoms with Gasteiger partial charge in [-0.2, -0.15) is 0 Å². The molecule has 0 aliphatic carbocycles. The van der Waals surface area contributed by atoms with E-state index in [0.717, 1.165) is 16.7 Å². The van der Waals surface area contributed by atoms with Crippen LogP contribution in [-0.4, -0.2) is 24.3 Å². The van der Waals surface area contributed by atoms with E-state index in [1.807, 2.05) is 19.9 Å². The van der Waals surface area contributed by atoms with Gasteiger partial charge in [0.2, 0.25) is 0 Å². The van der Waals surface area contributed by atoms with Gasteiger partial charge in [-0.15, -0.1) is 0 Å². The Hall–Kier alpha value is -1.51. The van der Waals surface area contributed by atoms with Crippen molar-refractivity contribution in [2.75, 3.05) is 19.4 Å². The van der Waals surface area contributed by atoms with Crippen molar-refractivity contribution < 1.29 is 13.9 Å². The van der Waals surface area contributed by atoms with E-state index in [9.17, 15) is 4.89 Å². The van der Waals surface area contributed by atoms with E-state index in [2.05, 4.69) is 62.4 Å². The maximum absolute atomic E-state index is 10.7. The van der Waals surface area contributed by atoms with E-state index in [-0.39, 0.29) is 0 Å². The van der Waals surface area contributed by atoms with Crippen molar-refractivity contribution in [3.8, 4) is 0 Å². The van der Waals surface area contributed by atoms with Gasteiger partial charge in [-0.1, -0.05) is 0 Å². The summed E-state index contributed by atoms with van der Waals surface area (Å²) in [7, 11) is -3.18. The molecule has 0 radical (unpaired) electrons. The summed E-state index contributed by atoms with van der Waals surface area (Å²) in [6.07, 6.45) is 2.44. The van der Waals surface area contributed by atoms with Crippen molar-refractivity contribution in [2.24, 2.45) is 0 Å². The van der Waals surface area contributed by atoms with Crippen LogP contribution < -0.4 is 0 Å². The van der Waals surface area contributed by atoms with Crippen molar-refractivity contribution in [2.45, 2.75) is 27.7 Å². The summed E-state index contributed by atoms with van der Waals surface area (Å²) < 4.78 is 11.1. The van der Waals surface area contributed by atoms with Gasteiger partial charge in [-0.25, -0.2) is 0 Å². The fraction of sp³-hybridized carbons (Fsp3) is 0.333. The minimum atomic E-state index is -3.18. The molecule has 0 unspecified atom stereocenters. The number of aryl methyl sites for hydroxylation is 2. The molecule has 0 spiro atoms. The summed E-state index contributed by atoms with van der Waals surface area (Å²) in [5, 5.41) is 0. The summed E-state index contributed by atoms with van der Waals surface area (Å²) in [4.78, 5) is 10.7. The molecule has 0 aromatic heterocycles. The second-order valence-corrected chi connectivity index (χ2v) is 8.54.